The standard InChI is InChI=1S/C15H23NO3/c1-12(18)16-10-6-8-13-7-4-5-9-14(13)19-15(2,3)11-17/h4-5,7,9,17H,6,8,10-11H2,1-3H3,(H,16,18). The molecule has 0 unspecified atom stereocenters. The maximum atomic E-state index is 10.8. The van der Waals surface area contributed by atoms with Gasteiger partial charge >= 0.3 is 0 Å². The number of ether oxygens (including phenoxy) is 1. The van der Waals surface area contributed by atoms with Crippen LogP contribution in [0, 0.1) is 0 Å². The summed E-state index contributed by atoms with van der Waals surface area (Å²) >= 11 is 0. The zero-order valence-electron chi connectivity index (χ0n) is 11.9. The van der Waals surface area contributed by atoms with E-state index in [4.69, 9.17) is 4.74 Å². The highest BCUT2D eigenvalue weighted by Crippen LogP contribution is 2.24. The second-order valence-electron chi connectivity index (χ2n) is 5.21. The molecule has 0 radical (unpaired) electrons. The Balaban J connectivity index is 2.60. The second kappa shape index (κ2) is 7.14. The molecule has 1 aromatic rings. The molecule has 0 saturated heterocycles. The first kappa shape index (κ1) is 15.5. The number of carbonyl (C=O) groups excluding carboxylic acids is 1. The van der Waals surface area contributed by atoms with Crippen LogP contribution in [-0.4, -0.2) is 29.8 Å². The lowest BCUT2D eigenvalue weighted by Gasteiger charge is -2.25. The quantitative estimate of drug-likeness (QED) is 0.740. The number of rotatable bonds is 7. The molecule has 0 fully saturated rings. The topological polar surface area (TPSA) is 58.6 Å². The average Bonchev–Trinajstić information content (AvgIpc) is 2.36. The van der Waals surface area contributed by atoms with Crippen molar-refractivity contribution in [1.82, 2.24) is 5.32 Å². The van der Waals surface area contributed by atoms with Crippen LogP contribution in [-0.2, 0) is 11.2 Å². The van der Waals surface area contributed by atoms with Gasteiger partial charge in [0, 0.05) is 13.5 Å². The van der Waals surface area contributed by atoms with Gasteiger partial charge in [0.15, 0.2) is 0 Å². The number of aliphatic hydroxyl groups excluding tert-OH is 1. The molecule has 0 aliphatic heterocycles. The summed E-state index contributed by atoms with van der Waals surface area (Å²) in [5.74, 6) is 0.787. The van der Waals surface area contributed by atoms with Crippen molar-refractivity contribution in [3.63, 3.8) is 0 Å². The van der Waals surface area contributed by atoms with Crippen LogP contribution in [0.3, 0.4) is 0 Å². The first-order valence-electron chi connectivity index (χ1n) is 6.57. The Kier molecular flexibility index (Phi) is 5.83. The third-order valence-electron chi connectivity index (χ3n) is 2.74. The van der Waals surface area contributed by atoms with Crippen molar-refractivity contribution >= 4 is 5.91 Å². The molecule has 1 amide bonds. The van der Waals surface area contributed by atoms with Gasteiger partial charge in [-0.2, -0.15) is 0 Å². The van der Waals surface area contributed by atoms with E-state index < -0.39 is 5.60 Å². The summed E-state index contributed by atoms with van der Waals surface area (Å²) in [6.07, 6.45) is 1.69. The largest absolute Gasteiger partial charge is 0.485 e. The minimum Gasteiger partial charge on any atom is -0.485 e. The van der Waals surface area contributed by atoms with E-state index in [1.807, 2.05) is 38.1 Å². The Morgan fingerprint density at radius 2 is 2.05 bits per heavy atom. The number of benzene rings is 1. The molecule has 106 valence electrons. The van der Waals surface area contributed by atoms with Crippen molar-refractivity contribution in [2.24, 2.45) is 0 Å². The first-order chi connectivity index (χ1) is 8.94. The summed E-state index contributed by atoms with van der Waals surface area (Å²) in [6, 6.07) is 7.80. The van der Waals surface area contributed by atoms with Crippen LogP contribution in [0.15, 0.2) is 24.3 Å². The zero-order chi connectivity index (χ0) is 14.3. The third-order valence-corrected chi connectivity index (χ3v) is 2.74. The Hall–Kier alpha value is -1.55. The highest BCUT2D eigenvalue weighted by molar-refractivity contribution is 5.72. The number of hydrogen-bond donors (Lipinski definition) is 2. The fourth-order valence-corrected chi connectivity index (χ4v) is 1.68. The van der Waals surface area contributed by atoms with Gasteiger partial charge in [0.2, 0.25) is 5.91 Å². The molecule has 4 nitrogen and oxygen atoms in total. The Morgan fingerprint density at radius 3 is 2.68 bits per heavy atom. The maximum Gasteiger partial charge on any atom is 0.216 e. The van der Waals surface area contributed by atoms with Crippen molar-refractivity contribution in [3.05, 3.63) is 29.8 Å². The normalized spacial score (nSPS) is 11.2. The molecular weight excluding hydrogens is 242 g/mol. The summed E-state index contributed by atoms with van der Waals surface area (Å²) in [6.45, 7) is 5.84. The highest BCUT2D eigenvalue weighted by atomic mass is 16.5. The molecule has 0 heterocycles. The molecular formula is C15H23NO3. The van der Waals surface area contributed by atoms with Gasteiger partial charge in [-0.15, -0.1) is 0 Å². The van der Waals surface area contributed by atoms with Gasteiger partial charge in [0.25, 0.3) is 0 Å². The summed E-state index contributed by atoms with van der Waals surface area (Å²) in [7, 11) is 0. The smallest absolute Gasteiger partial charge is 0.216 e. The van der Waals surface area contributed by atoms with Crippen molar-refractivity contribution in [1.29, 1.82) is 0 Å². The van der Waals surface area contributed by atoms with Gasteiger partial charge in [-0.3, -0.25) is 4.79 Å². The van der Waals surface area contributed by atoms with Crippen LogP contribution >= 0.6 is 0 Å². The molecule has 0 atom stereocenters. The van der Waals surface area contributed by atoms with Crippen LogP contribution in [0.1, 0.15) is 32.8 Å². The Morgan fingerprint density at radius 1 is 1.37 bits per heavy atom. The van der Waals surface area contributed by atoms with Gasteiger partial charge in [0.05, 0.1) is 6.61 Å². The van der Waals surface area contributed by atoms with Crippen LogP contribution in [0.25, 0.3) is 0 Å². The van der Waals surface area contributed by atoms with E-state index >= 15 is 0 Å². The summed E-state index contributed by atoms with van der Waals surface area (Å²) in [4.78, 5) is 10.8. The average molecular weight is 265 g/mol. The van der Waals surface area contributed by atoms with Gasteiger partial charge in [-0.25, -0.2) is 0 Å². The number of carbonyl (C=O) groups is 1. The van der Waals surface area contributed by atoms with Crippen molar-refractivity contribution in [2.75, 3.05) is 13.2 Å². The van der Waals surface area contributed by atoms with Crippen LogP contribution < -0.4 is 10.1 Å². The third kappa shape index (κ3) is 5.75. The van der Waals surface area contributed by atoms with Crippen LogP contribution in [0.5, 0.6) is 5.75 Å². The highest BCUT2D eigenvalue weighted by Gasteiger charge is 2.19. The molecule has 1 aromatic carbocycles. The van der Waals surface area contributed by atoms with Gasteiger partial charge < -0.3 is 15.2 Å². The van der Waals surface area contributed by atoms with E-state index in [2.05, 4.69) is 5.32 Å². The molecule has 0 saturated carbocycles. The molecule has 0 spiro atoms. The fourth-order valence-electron chi connectivity index (χ4n) is 1.68. The minimum absolute atomic E-state index is 0.00838. The number of aryl methyl sites for hydroxylation is 1. The molecule has 0 bridgehead atoms. The van der Waals surface area contributed by atoms with Gasteiger partial charge in [0.1, 0.15) is 11.4 Å². The zero-order valence-corrected chi connectivity index (χ0v) is 11.9. The molecule has 1 rings (SSSR count). The van der Waals surface area contributed by atoms with Gasteiger partial charge in [-0.05, 0) is 38.3 Å². The molecule has 0 aliphatic carbocycles. The lowest BCUT2D eigenvalue weighted by Crippen LogP contribution is -2.32. The minimum atomic E-state index is -0.590. The van der Waals surface area contributed by atoms with Crippen molar-refractivity contribution < 1.29 is 14.6 Å². The van der Waals surface area contributed by atoms with E-state index in [1.165, 1.54) is 6.92 Å². The Labute approximate surface area is 114 Å². The van der Waals surface area contributed by atoms with E-state index in [-0.39, 0.29) is 12.5 Å². The lowest BCUT2D eigenvalue weighted by atomic mass is 10.1. The summed E-state index contributed by atoms with van der Waals surface area (Å²) in [5, 5.41) is 12.0. The van der Waals surface area contributed by atoms with Crippen molar-refractivity contribution in [3.8, 4) is 5.75 Å². The summed E-state index contributed by atoms with van der Waals surface area (Å²) in [5.41, 5.74) is 0.502. The van der Waals surface area contributed by atoms with Crippen molar-refractivity contribution in [2.45, 2.75) is 39.2 Å². The van der Waals surface area contributed by atoms with Crippen LogP contribution in [0.2, 0.25) is 0 Å². The number of amides is 1. The SMILES string of the molecule is CC(=O)NCCCc1ccccc1OC(C)(C)CO. The fraction of sp³-hybridized carbons (Fsp3) is 0.533. The number of aliphatic hydroxyl groups is 1. The Bertz CT molecular complexity index is 416. The van der Waals surface area contributed by atoms with E-state index in [0.29, 0.717) is 6.54 Å². The maximum absolute atomic E-state index is 10.8. The molecule has 19 heavy (non-hydrogen) atoms. The predicted molar refractivity (Wildman–Crippen MR) is 75.2 cm³/mol. The van der Waals surface area contributed by atoms with E-state index in [1.54, 1.807) is 0 Å². The lowest BCUT2D eigenvalue weighted by molar-refractivity contribution is -0.118. The number of hydrogen-bond acceptors (Lipinski definition) is 3. The molecule has 4 heteroatoms. The first-order valence-corrected chi connectivity index (χ1v) is 6.57. The molecule has 0 aromatic heterocycles. The van der Waals surface area contributed by atoms with Crippen LogP contribution in [0.4, 0.5) is 0 Å². The number of para-hydroxylation sites is 1. The van der Waals surface area contributed by atoms with Gasteiger partial charge in [-0.1, -0.05) is 18.2 Å². The second-order valence-corrected chi connectivity index (χ2v) is 5.21. The monoisotopic (exact) mass is 265 g/mol. The molecule has 2 N–H and O–H groups in total. The van der Waals surface area contributed by atoms with E-state index in [9.17, 15) is 9.90 Å². The number of nitrogens with one attached hydrogen (secondary N) is 1. The van der Waals surface area contributed by atoms with E-state index in [0.717, 1.165) is 24.2 Å². The predicted octanol–water partition coefficient (Wildman–Crippen LogP) is 1.90. The summed E-state index contributed by atoms with van der Waals surface area (Å²) < 4.78 is 5.82. The molecule has 0 aliphatic rings.